The van der Waals surface area contributed by atoms with Crippen molar-refractivity contribution in [3.63, 3.8) is 0 Å². The van der Waals surface area contributed by atoms with Gasteiger partial charge in [0.25, 0.3) is 0 Å². The normalized spacial score (nSPS) is 33.8. The Balaban J connectivity index is 1.33. The summed E-state index contributed by atoms with van der Waals surface area (Å²) in [6.45, 7) is 23.2. The van der Waals surface area contributed by atoms with E-state index in [1.807, 2.05) is 24.3 Å². The summed E-state index contributed by atoms with van der Waals surface area (Å²) in [5.41, 5.74) is -0.716. The second-order valence-electron chi connectivity index (χ2n) is 22.7. The fraction of sp³-hybridized carbons (Fsp3) is 0.740. The minimum Gasteiger partial charge on any atom is -0.481 e. The molecule has 1 aromatic rings. The monoisotopic (exact) mass is 865 g/mol. The third kappa shape index (κ3) is 8.12. The predicted molar refractivity (Wildman–Crippen MR) is 234 cm³/mol. The maximum absolute atomic E-state index is 14.5. The van der Waals surface area contributed by atoms with Gasteiger partial charge in [-0.1, -0.05) is 72.2 Å². The molecule has 10 nitrogen and oxygen atoms in total. The summed E-state index contributed by atoms with van der Waals surface area (Å²) in [6, 6.07) is 7.59. The average Bonchev–Trinajstić information content (AvgIpc) is 3.46. The molecule has 338 valence electrons. The summed E-state index contributed by atoms with van der Waals surface area (Å²) in [5, 5.41) is 23.8. The zero-order valence-corrected chi connectivity index (χ0v) is 39.4. The van der Waals surface area contributed by atoms with Gasteiger partial charge in [0.1, 0.15) is 12.2 Å². The molecule has 61 heavy (non-hydrogen) atoms. The second-order valence-corrected chi connectivity index (χ2v) is 23.1. The molecule has 0 saturated heterocycles. The van der Waals surface area contributed by atoms with Crippen LogP contribution in [0.25, 0.3) is 0 Å². The summed E-state index contributed by atoms with van der Waals surface area (Å²) < 4.78 is 12.7. The van der Waals surface area contributed by atoms with Crippen LogP contribution < -0.4 is 5.32 Å². The summed E-state index contributed by atoms with van der Waals surface area (Å²) in [5.74, 6) is -2.22. The molecule has 9 atom stereocenters. The quantitative estimate of drug-likeness (QED) is 0.154. The molecule has 0 bridgehead atoms. The number of nitrogens with one attached hydrogen (secondary N) is 1. The van der Waals surface area contributed by atoms with Crippen molar-refractivity contribution < 1.29 is 43.7 Å². The number of halogens is 1. The Morgan fingerprint density at radius 1 is 0.803 bits per heavy atom. The second kappa shape index (κ2) is 16.4. The number of hydrogen-bond donors (Lipinski definition) is 3. The van der Waals surface area contributed by atoms with E-state index in [-0.39, 0.29) is 64.6 Å². The van der Waals surface area contributed by atoms with E-state index >= 15 is 0 Å². The molecule has 4 saturated carbocycles. The lowest BCUT2D eigenvalue weighted by Crippen LogP contribution is -2.66. The van der Waals surface area contributed by atoms with E-state index in [1.54, 1.807) is 13.8 Å². The molecule has 6 rings (SSSR count). The smallest absolute Gasteiger partial charge is 0.309 e. The first-order chi connectivity index (χ1) is 28.2. The van der Waals surface area contributed by atoms with E-state index in [2.05, 4.69) is 53.8 Å². The van der Waals surface area contributed by atoms with Crippen LogP contribution in [0.2, 0.25) is 5.02 Å². The lowest BCUT2D eigenvalue weighted by molar-refractivity contribution is -0.235. The number of carboxylic acids is 2. The Bertz CT molecular complexity index is 1950. The van der Waals surface area contributed by atoms with Gasteiger partial charge >= 0.3 is 23.9 Å². The lowest BCUT2D eigenvalue weighted by Gasteiger charge is -2.72. The van der Waals surface area contributed by atoms with Crippen LogP contribution in [0.5, 0.6) is 0 Å². The standard InChI is InChI=1S/C50H72ClNO9/c1-29(2)40-33(53)24-50(37(61-39(55)26-45(5,6)43(58)59)28-52-27-30-12-14-31(51)15-13-30)23-22-48(10)32(41(40)50)16-17-35-47(9)20-19-36(60-38(54)25-44(3,4)42(56)57)46(7,8)34(47)18-21-49(35,48)11/h12-15,29,32,34-37,52H,16-28H2,1-11H3,(H,56,57)(H,58,59)/t32-,34?,35-,36+,37-,47+,48-,49-,50?/m1/s1. The lowest BCUT2D eigenvalue weighted by atomic mass is 9.33. The molecule has 3 N–H and O–H groups in total. The first kappa shape index (κ1) is 47.2. The highest BCUT2D eigenvalue weighted by molar-refractivity contribution is 6.30. The number of carbonyl (C=O) groups is 5. The fourth-order valence-electron chi connectivity index (χ4n) is 13.8. The number of ketones is 1. The highest BCUT2D eigenvalue weighted by Gasteiger charge is 2.71. The minimum atomic E-state index is -1.32. The Hall–Kier alpha value is -3.24. The van der Waals surface area contributed by atoms with Crippen LogP contribution in [0, 0.1) is 61.6 Å². The molecular weight excluding hydrogens is 794 g/mol. The van der Waals surface area contributed by atoms with Crippen molar-refractivity contribution in [1.29, 1.82) is 0 Å². The first-order valence-electron chi connectivity index (χ1n) is 22.7. The van der Waals surface area contributed by atoms with E-state index in [9.17, 15) is 34.2 Å². The van der Waals surface area contributed by atoms with E-state index in [1.165, 1.54) is 19.4 Å². The van der Waals surface area contributed by atoms with Crippen LogP contribution in [-0.2, 0) is 40.0 Å². The van der Waals surface area contributed by atoms with E-state index in [4.69, 9.17) is 21.1 Å². The first-order valence-corrected chi connectivity index (χ1v) is 23.1. The van der Waals surface area contributed by atoms with Gasteiger partial charge in [-0.3, -0.25) is 24.0 Å². The maximum atomic E-state index is 14.5. The SMILES string of the molecule is CC(C)C1=C2[C@H]3CC[C@@H]4[C@@]5(C)CC[C@H](OC(=O)CC(C)(C)C(=O)O)C(C)(C)C5CC[C@@]4(C)[C@]3(C)CCC2([C@@H](CNCc2ccc(Cl)cc2)OC(=O)CC(C)(C)C(=O)O)CC1=O. The number of aliphatic carboxylic acids is 2. The van der Waals surface area contributed by atoms with Crippen molar-refractivity contribution in [3.05, 3.63) is 46.0 Å². The zero-order chi connectivity index (χ0) is 45.3. The Morgan fingerprint density at radius 2 is 1.41 bits per heavy atom. The van der Waals surface area contributed by atoms with Gasteiger partial charge in [-0.05, 0) is 148 Å². The number of allylic oxidation sites excluding steroid dienone is 1. The van der Waals surface area contributed by atoms with Crippen molar-refractivity contribution >= 4 is 41.3 Å². The summed E-state index contributed by atoms with van der Waals surface area (Å²) in [6.07, 6.45) is 5.87. The molecule has 0 aliphatic heterocycles. The molecule has 0 amide bonds. The highest BCUT2D eigenvalue weighted by atomic mass is 35.5. The van der Waals surface area contributed by atoms with Crippen LogP contribution in [0.1, 0.15) is 152 Å². The summed E-state index contributed by atoms with van der Waals surface area (Å²) in [4.78, 5) is 65.5. The van der Waals surface area contributed by atoms with Gasteiger partial charge in [0.05, 0.1) is 23.7 Å². The van der Waals surface area contributed by atoms with Gasteiger partial charge in [-0.15, -0.1) is 0 Å². The fourth-order valence-corrected chi connectivity index (χ4v) is 14.0. The number of benzene rings is 1. The number of esters is 2. The number of fused-ring (bicyclic) bond motifs is 7. The predicted octanol–water partition coefficient (Wildman–Crippen LogP) is 10.2. The van der Waals surface area contributed by atoms with Crippen molar-refractivity contribution in [1.82, 2.24) is 5.32 Å². The van der Waals surface area contributed by atoms with Crippen molar-refractivity contribution in [2.24, 2.45) is 61.6 Å². The molecular formula is C50H72ClNO9. The number of rotatable bonds is 14. The third-order valence-corrected chi connectivity index (χ3v) is 17.7. The van der Waals surface area contributed by atoms with Gasteiger partial charge in [0, 0.05) is 35.4 Å². The topological polar surface area (TPSA) is 156 Å². The maximum Gasteiger partial charge on any atom is 0.309 e. The average molecular weight is 867 g/mol. The van der Waals surface area contributed by atoms with Crippen molar-refractivity contribution in [2.75, 3.05) is 6.54 Å². The molecule has 0 spiro atoms. The Kier molecular flexibility index (Phi) is 12.7. The Labute approximate surface area is 368 Å². The molecule has 2 unspecified atom stereocenters. The van der Waals surface area contributed by atoms with Crippen LogP contribution in [0.4, 0.5) is 0 Å². The highest BCUT2D eigenvalue weighted by Crippen LogP contribution is 2.77. The molecule has 4 fully saturated rings. The van der Waals surface area contributed by atoms with Crippen molar-refractivity contribution in [2.45, 2.75) is 166 Å². The number of Topliss-reactive ketones (excluding diaryl/α,β-unsaturated/α-hetero) is 1. The minimum absolute atomic E-state index is 0.0188. The van der Waals surface area contributed by atoms with E-state index in [0.29, 0.717) is 36.4 Å². The van der Waals surface area contributed by atoms with Gasteiger partial charge in [0.2, 0.25) is 0 Å². The van der Waals surface area contributed by atoms with Crippen LogP contribution in [0.3, 0.4) is 0 Å². The van der Waals surface area contributed by atoms with Crippen LogP contribution >= 0.6 is 11.6 Å². The molecule has 0 aromatic heterocycles. The zero-order valence-electron chi connectivity index (χ0n) is 38.6. The molecule has 5 aliphatic carbocycles. The molecule has 0 radical (unpaired) electrons. The van der Waals surface area contributed by atoms with Gasteiger partial charge in [-0.25, -0.2) is 0 Å². The van der Waals surface area contributed by atoms with Crippen LogP contribution in [-0.4, -0.2) is 58.6 Å². The van der Waals surface area contributed by atoms with Gasteiger partial charge < -0.3 is 25.0 Å². The summed E-state index contributed by atoms with van der Waals surface area (Å²) >= 11 is 6.18. The molecule has 1 aromatic carbocycles. The summed E-state index contributed by atoms with van der Waals surface area (Å²) in [7, 11) is 0. The van der Waals surface area contributed by atoms with Gasteiger partial charge in [-0.2, -0.15) is 0 Å². The third-order valence-electron chi connectivity index (χ3n) is 17.5. The van der Waals surface area contributed by atoms with Gasteiger partial charge in [0.15, 0.2) is 5.78 Å². The Morgan fingerprint density at radius 3 is 2.00 bits per heavy atom. The number of carboxylic acid groups (broad SMARTS) is 2. The van der Waals surface area contributed by atoms with E-state index in [0.717, 1.165) is 56.1 Å². The number of hydrogen-bond acceptors (Lipinski definition) is 8. The molecule has 11 heteroatoms. The molecule has 0 heterocycles. The van der Waals surface area contributed by atoms with Crippen molar-refractivity contribution in [3.8, 4) is 0 Å². The van der Waals surface area contributed by atoms with E-state index < -0.39 is 46.2 Å². The number of ether oxygens (including phenoxy) is 2. The van der Waals surface area contributed by atoms with Crippen LogP contribution in [0.15, 0.2) is 35.4 Å². The largest absolute Gasteiger partial charge is 0.481 e. The molecule has 5 aliphatic rings. The number of carbonyl (C=O) groups excluding carboxylic acids is 3.